The quantitative estimate of drug-likeness (QED) is 0.615. The molecule has 0 spiro atoms. The Labute approximate surface area is 120 Å². The van der Waals surface area contributed by atoms with Crippen LogP contribution in [-0.2, 0) is 0 Å². The fraction of sp³-hybridized carbons (Fsp3) is 0.294. The van der Waals surface area contributed by atoms with Gasteiger partial charge in [-0.15, -0.1) is 0 Å². The van der Waals surface area contributed by atoms with Gasteiger partial charge >= 0.3 is 0 Å². The van der Waals surface area contributed by atoms with Gasteiger partial charge in [-0.1, -0.05) is 23.8 Å². The summed E-state index contributed by atoms with van der Waals surface area (Å²) < 4.78 is 11.3. The summed E-state index contributed by atoms with van der Waals surface area (Å²) in [5, 5.41) is 0. The Morgan fingerprint density at radius 3 is 2.15 bits per heavy atom. The lowest BCUT2D eigenvalue weighted by Gasteiger charge is -2.08. The van der Waals surface area contributed by atoms with Crippen LogP contribution >= 0.6 is 0 Å². The van der Waals surface area contributed by atoms with Gasteiger partial charge in [0, 0.05) is 11.8 Å². The van der Waals surface area contributed by atoms with Crippen LogP contribution in [0.2, 0.25) is 0 Å². The maximum Gasteiger partial charge on any atom is 0.121 e. The number of rotatable bonds is 7. The van der Waals surface area contributed by atoms with Crippen molar-refractivity contribution in [2.75, 3.05) is 18.9 Å². The highest BCUT2D eigenvalue weighted by molar-refractivity contribution is 5.43. The van der Waals surface area contributed by atoms with Crippen LogP contribution in [0.25, 0.3) is 0 Å². The van der Waals surface area contributed by atoms with Gasteiger partial charge in [0.25, 0.3) is 0 Å². The summed E-state index contributed by atoms with van der Waals surface area (Å²) in [5.41, 5.74) is 7.66. The summed E-state index contributed by atoms with van der Waals surface area (Å²) in [6.45, 7) is 3.46. The summed E-state index contributed by atoms with van der Waals surface area (Å²) in [6, 6.07) is 15.6. The third kappa shape index (κ3) is 4.84. The van der Waals surface area contributed by atoms with E-state index in [1.54, 1.807) is 0 Å². The van der Waals surface area contributed by atoms with Crippen molar-refractivity contribution in [3.63, 3.8) is 0 Å². The first-order valence-electron chi connectivity index (χ1n) is 6.92. The van der Waals surface area contributed by atoms with E-state index in [-0.39, 0.29) is 0 Å². The van der Waals surface area contributed by atoms with Crippen LogP contribution < -0.4 is 15.2 Å². The normalized spacial score (nSPS) is 10.2. The predicted molar refractivity (Wildman–Crippen MR) is 82.3 cm³/mol. The monoisotopic (exact) mass is 271 g/mol. The van der Waals surface area contributed by atoms with Crippen molar-refractivity contribution in [3.05, 3.63) is 54.1 Å². The van der Waals surface area contributed by atoms with E-state index in [0.29, 0.717) is 13.2 Å². The molecule has 0 unspecified atom stereocenters. The van der Waals surface area contributed by atoms with Crippen LogP contribution in [0.1, 0.15) is 18.4 Å². The number of ether oxygens (including phenoxy) is 2. The molecule has 0 fully saturated rings. The van der Waals surface area contributed by atoms with E-state index < -0.39 is 0 Å². The summed E-state index contributed by atoms with van der Waals surface area (Å²) in [5.74, 6) is 1.75. The number of aryl methyl sites for hydroxylation is 1. The molecule has 20 heavy (non-hydrogen) atoms. The molecule has 0 saturated carbocycles. The highest BCUT2D eigenvalue weighted by atomic mass is 16.5. The van der Waals surface area contributed by atoms with Gasteiger partial charge in [0.1, 0.15) is 11.5 Å². The molecule has 2 rings (SSSR count). The van der Waals surface area contributed by atoms with Gasteiger partial charge in [0.05, 0.1) is 13.2 Å². The Morgan fingerprint density at radius 1 is 0.850 bits per heavy atom. The van der Waals surface area contributed by atoms with Gasteiger partial charge in [0.2, 0.25) is 0 Å². The third-order valence-corrected chi connectivity index (χ3v) is 2.96. The minimum Gasteiger partial charge on any atom is -0.494 e. The molecule has 2 aromatic carbocycles. The SMILES string of the molecule is Cc1ccc(OCCCCOc2cccc(N)c2)cc1. The lowest BCUT2D eigenvalue weighted by atomic mass is 10.2. The summed E-state index contributed by atoms with van der Waals surface area (Å²) >= 11 is 0. The molecular weight excluding hydrogens is 250 g/mol. The minimum absolute atomic E-state index is 0.681. The zero-order chi connectivity index (χ0) is 14.2. The van der Waals surface area contributed by atoms with Crippen LogP contribution in [-0.4, -0.2) is 13.2 Å². The maximum atomic E-state index is 5.69. The minimum atomic E-state index is 0.681. The Kier molecular flexibility index (Phi) is 5.30. The molecule has 0 aliphatic heterocycles. The topological polar surface area (TPSA) is 44.5 Å². The Balaban J connectivity index is 1.59. The highest BCUT2D eigenvalue weighted by Gasteiger charge is 1.96. The number of benzene rings is 2. The fourth-order valence-corrected chi connectivity index (χ4v) is 1.82. The average Bonchev–Trinajstić information content (AvgIpc) is 2.45. The molecule has 0 atom stereocenters. The first kappa shape index (κ1) is 14.3. The molecule has 0 saturated heterocycles. The van der Waals surface area contributed by atoms with Crippen molar-refractivity contribution in [1.82, 2.24) is 0 Å². The van der Waals surface area contributed by atoms with E-state index in [4.69, 9.17) is 15.2 Å². The molecule has 0 aliphatic rings. The van der Waals surface area contributed by atoms with Crippen molar-refractivity contribution in [1.29, 1.82) is 0 Å². The number of hydrogen-bond acceptors (Lipinski definition) is 3. The number of nitrogens with two attached hydrogens (primary N) is 1. The van der Waals surface area contributed by atoms with Gasteiger partial charge in [-0.2, -0.15) is 0 Å². The second-order valence-corrected chi connectivity index (χ2v) is 4.79. The van der Waals surface area contributed by atoms with E-state index in [0.717, 1.165) is 30.0 Å². The predicted octanol–water partition coefficient (Wildman–Crippen LogP) is 3.82. The summed E-state index contributed by atoms with van der Waals surface area (Å²) in [6.07, 6.45) is 1.93. The van der Waals surface area contributed by atoms with Crippen molar-refractivity contribution >= 4 is 5.69 Å². The molecule has 0 aromatic heterocycles. The van der Waals surface area contributed by atoms with Crippen molar-refractivity contribution in [3.8, 4) is 11.5 Å². The van der Waals surface area contributed by atoms with E-state index in [9.17, 15) is 0 Å². The zero-order valence-electron chi connectivity index (χ0n) is 11.8. The van der Waals surface area contributed by atoms with Crippen LogP contribution in [0.3, 0.4) is 0 Å². The standard InChI is InChI=1S/C17H21NO2/c1-14-7-9-16(10-8-14)19-11-2-3-12-20-17-6-4-5-15(18)13-17/h4-10,13H,2-3,11-12,18H2,1H3. The van der Waals surface area contributed by atoms with Crippen LogP contribution in [0.4, 0.5) is 5.69 Å². The molecule has 0 aliphatic carbocycles. The zero-order valence-corrected chi connectivity index (χ0v) is 11.8. The number of hydrogen-bond donors (Lipinski definition) is 1. The molecule has 0 bridgehead atoms. The van der Waals surface area contributed by atoms with Crippen LogP contribution in [0, 0.1) is 6.92 Å². The Morgan fingerprint density at radius 2 is 1.50 bits per heavy atom. The van der Waals surface area contributed by atoms with Crippen LogP contribution in [0.5, 0.6) is 11.5 Å². The van der Waals surface area contributed by atoms with E-state index in [1.165, 1.54) is 5.56 Å². The first-order chi connectivity index (χ1) is 9.74. The van der Waals surface area contributed by atoms with Crippen LogP contribution in [0.15, 0.2) is 48.5 Å². The van der Waals surface area contributed by atoms with Gasteiger partial charge in [-0.05, 0) is 44.0 Å². The fourth-order valence-electron chi connectivity index (χ4n) is 1.82. The Hall–Kier alpha value is -2.16. The smallest absolute Gasteiger partial charge is 0.121 e. The maximum absolute atomic E-state index is 5.69. The highest BCUT2D eigenvalue weighted by Crippen LogP contribution is 2.15. The van der Waals surface area contributed by atoms with Crippen molar-refractivity contribution in [2.45, 2.75) is 19.8 Å². The molecule has 0 amide bonds. The molecule has 3 nitrogen and oxygen atoms in total. The van der Waals surface area contributed by atoms with E-state index >= 15 is 0 Å². The first-order valence-corrected chi connectivity index (χ1v) is 6.92. The average molecular weight is 271 g/mol. The molecule has 2 N–H and O–H groups in total. The molecule has 0 heterocycles. The number of nitrogen functional groups attached to an aromatic ring is 1. The Bertz CT molecular complexity index is 523. The number of anilines is 1. The van der Waals surface area contributed by atoms with Gasteiger partial charge in [-0.25, -0.2) is 0 Å². The van der Waals surface area contributed by atoms with Gasteiger partial charge < -0.3 is 15.2 Å². The molecule has 2 aromatic rings. The molecule has 0 radical (unpaired) electrons. The molecule has 3 heteroatoms. The lowest BCUT2D eigenvalue weighted by Crippen LogP contribution is -2.02. The second kappa shape index (κ2) is 7.43. The lowest BCUT2D eigenvalue weighted by molar-refractivity contribution is 0.266. The number of unbranched alkanes of at least 4 members (excludes halogenated alkanes) is 1. The third-order valence-electron chi connectivity index (χ3n) is 2.96. The van der Waals surface area contributed by atoms with Gasteiger partial charge in [0.15, 0.2) is 0 Å². The van der Waals surface area contributed by atoms with Crippen molar-refractivity contribution < 1.29 is 9.47 Å². The molecule has 106 valence electrons. The van der Waals surface area contributed by atoms with E-state index in [1.807, 2.05) is 36.4 Å². The summed E-state index contributed by atoms with van der Waals surface area (Å²) in [7, 11) is 0. The largest absolute Gasteiger partial charge is 0.494 e. The van der Waals surface area contributed by atoms with Gasteiger partial charge in [-0.3, -0.25) is 0 Å². The second-order valence-electron chi connectivity index (χ2n) is 4.79. The molecular formula is C17H21NO2. The summed E-state index contributed by atoms with van der Waals surface area (Å²) in [4.78, 5) is 0. The van der Waals surface area contributed by atoms with Crippen molar-refractivity contribution in [2.24, 2.45) is 0 Å². The van der Waals surface area contributed by atoms with E-state index in [2.05, 4.69) is 19.1 Å².